The minimum atomic E-state index is -0.431. The standard InChI is InChI=1S/C18H21NO3/c1-3-10-19-16(4-2)15(12-20)11-17(19)18(21)22-13-14-8-6-5-7-9-14/h3-9,12,15-17H,1-2,10-11,13H2/t15-,16-,17+/m0/s1. The van der Waals surface area contributed by atoms with E-state index in [1.807, 2.05) is 35.2 Å². The predicted molar refractivity (Wildman–Crippen MR) is 85.1 cm³/mol. The molecular weight excluding hydrogens is 278 g/mol. The van der Waals surface area contributed by atoms with Gasteiger partial charge in [-0.1, -0.05) is 42.5 Å². The molecule has 0 saturated carbocycles. The Morgan fingerprint density at radius 1 is 1.32 bits per heavy atom. The van der Waals surface area contributed by atoms with Gasteiger partial charge in [-0.05, 0) is 12.0 Å². The Morgan fingerprint density at radius 2 is 2.05 bits per heavy atom. The highest BCUT2D eigenvalue weighted by Crippen LogP contribution is 2.30. The minimum absolute atomic E-state index is 0.148. The molecule has 0 spiro atoms. The van der Waals surface area contributed by atoms with E-state index in [0.717, 1.165) is 11.8 Å². The van der Waals surface area contributed by atoms with Gasteiger partial charge in [0.05, 0.1) is 0 Å². The first kappa shape index (κ1) is 16.2. The average molecular weight is 299 g/mol. The summed E-state index contributed by atoms with van der Waals surface area (Å²) >= 11 is 0. The quantitative estimate of drug-likeness (QED) is 0.440. The Balaban J connectivity index is 2.04. The van der Waals surface area contributed by atoms with Gasteiger partial charge >= 0.3 is 5.97 Å². The third-order valence-corrected chi connectivity index (χ3v) is 3.97. The van der Waals surface area contributed by atoms with E-state index >= 15 is 0 Å². The van der Waals surface area contributed by atoms with Crippen LogP contribution in [0.25, 0.3) is 0 Å². The summed E-state index contributed by atoms with van der Waals surface area (Å²) in [4.78, 5) is 25.5. The summed E-state index contributed by atoms with van der Waals surface area (Å²) in [5.74, 6) is -0.534. The van der Waals surface area contributed by atoms with E-state index < -0.39 is 6.04 Å². The van der Waals surface area contributed by atoms with Gasteiger partial charge in [0, 0.05) is 18.5 Å². The number of likely N-dealkylation sites (tertiary alicyclic amines) is 1. The molecule has 1 fully saturated rings. The van der Waals surface area contributed by atoms with Gasteiger partial charge in [-0.25, -0.2) is 0 Å². The predicted octanol–water partition coefficient (Wildman–Crippen LogP) is 2.36. The Morgan fingerprint density at radius 3 is 2.64 bits per heavy atom. The summed E-state index contributed by atoms with van der Waals surface area (Å²) in [6.07, 6.45) is 4.79. The Hall–Kier alpha value is -2.20. The first-order valence-corrected chi connectivity index (χ1v) is 7.36. The Labute approximate surface area is 131 Å². The van der Waals surface area contributed by atoms with E-state index in [9.17, 15) is 9.59 Å². The number of carbonyl (C=O) groups excluding carboxylic acids is 2. The van der Waals surface area contributed by atoms with Crippen LogP contribution in [0.1, 0.15) is 12.0 Å². The molecule has 4 heteroatoms. The molecule has 2 rings (SSSR count). The van der Waals surface area contributed by atoms with Crippen LogP contribution in [-0.2, 0) is 20.9 Å². The molecule has 0 amide bonds. The summed E-state index contributed by atoms with van der Waals surface area (Å²) in [7, 11) is 0. The van der Waals surface area contributed by atoms with Crippen LogP contribution in [0.15, 0.2) is 55.6 Å². The molecule has 0 unspecified atom stereocenters. The number of esters is 1. The van der Waals surface area contributed by atoms with E-state index in [2.05, 4.69) is 13.2 Å². The van der Waals surface area contributed by atoms with E-state index in [0.29, 0.717) is 13.0 Å². The van der Waals surface area contributed by atoms with E-state index in [-0.39, 0.29) is 24.5 Å². The highest BCUT2D eigenvalue weighted by atomic mass is 16.5. The molecule has 1 saturated heterocycles. The fourth-order valence-corrected chi connectivity index (χ4v) is 2.89. The second-order valence-electron chi connectivity index (χ2n) is 5.36. The van der Waals surface area contributed by atoms with Crippen LogP contribution in [0.5, 0.6) is 0 Å². The molecule has 0 radical (unpaired) electrons. The highest BCUT2D eigenvalue weighted by Gasteiger charge is 2.43. The number of hydrogen-bond donors (Lipinski definition) is 0. The Kier molecular flexibility index (Phi) is 5.67. The van der Waals surface area contributed by atoms with Crippen LogP contribution in [0, 0.1) is 5.92 Å². The summed E-state index contributed by atoms with van der Waals surface area (Å²) in [5, 5.41) is 0. The third kappa shape index (κ3) is 3.52. The maximum absolute atomic E-state index is 12.4. The van der Waals surface area contributed by atoms with Gasteiger partial charge in [0.2, 0.25) is 0 Å². The number of rotatable bonds is 7. The number of ether oxygens (including phenoxy) is 1. The molecule has 1 aliphatic heterocycles. The van der Waals surface area contributed by atoms with Gasteiger partial charge in [0.1, 0.15) is 18.9 Å². The highest BCUT2D eigenvalue weighted by molar-refractivity contribution is 5.77. The monoisotopic (exact) mass is 299 g/mol. The van der Waals surface area contributed by atoms with E-state index in [1.54, 1.807) is 12.2 Å². The third-order valence-electron chi connectivity index (χ3n) is 3.97. The number of aldehydes is 1. The number of nitrogens with zero attached hydrogens (tertiary/aromatic N) is 1. The molecule has 1 aromatic rings. The lowest BCUT2D eigenvalue weighted by Gasteiger charge is -2.26. The topological polar surface area (TPSA) is 46.6 Å². The zero-order valence-corrected chi connectivity index (χ0v) is 12.6. The minimum Gasteiger partial charge on any atom is -0.460 e. The number of hydrogen-bond acceptors (Lipinski definition) is 4. The van der Waals surface area contributed by atoms with Crippen LogP contribution >= 0.6 is 0 Å². The SMILES string of the molecule is C=CCN1[C@@H](C(=O)OCc2ccccc2)C[C@@H](C=O)[C@@H]1C=C. The second-order valence-corrected chi connectivity index (χ2v) is 5.36. The van der Waals surface area contributed by atoms with Gasteiger partial charge in [-0.2, -0.15) is 0 Å². The van der Waals surface area contributed by atoms with Crippen LogP contribution in [0.4, 0.5) is 0 Å². The van der Waals surface area contributed by atoms with Crippen molar-refractivity contribution in [3.05, 3.63) is 61.2 Å². The summed E-state index contributed by atoms with van der Waals surface area (Å²) in [6.45, 7) is 8.25. The molecule has 0 bridgehead atoms. The van der Waals surface area contributed by atoms with Gasteiger partial charge in [-0.3, -0.25) is 9.69 Å². The fraction of sp³-hybridized carbons (Fsp3) is 0.333. The maximum Gasteiger partial charge on any atom is 0.323 e. The van der Waals surface area contributed by atoms with Crippen molar-refractivity contribution in [1.29, 1.82) is 0 Å². The summed E-state index contributed by atoms with van der Waals surface area (Å²) in [5.41, 5.74) is 0.941. The molecule has 1 heterocycles. The van der Waals surface area contributed by atoms with Crippen molar-refractivity contribution in [2.24, 2.45) is 5.92 Å². The Bertz CT molecular complexity index is 541. The summed E-state index contributed by atoms with van der Waals surface area (Å²) < 4.78 is 5.41. The lowest BCUT2D eigenvalue weighted by Crippen LogP contribution is -2.41. The molecule has 1 aromatic carbocycles. The number of carbonyl (C=O) groups is 2. The molecule has 1 aliphatic rings. The van der Waals surface area contributed by atoms with Crippen molar-refractivity contribution in [3.63, 3.8) is 0 Å². The normalized spacial score (nSPS) is 24.6. The summed E-state index contributed by atoms with van der Waals surface area (Å²) in [6, 6.07) is 8.95. The largest absolute Gasteiger partial charge is 0.460 e. The van der Waals surface area contributed by atoms with Gasteiger partial charge in [0.15, 0.2) is 0 Å². The van der Waals surface area contributed by atoms with Crippen LogP contribution < -0.4 is 0 Å². The lowest BCUT2D eigenvalue weighted by molar-refractivity contribution is -0.150. The van der Waals surface area contributed by atoms with Crippen LogP contribution in [0.2, 0.25) is 0 Å². The van der Waals surface area contributed by atoms with Crippen molar-refractivity contribution in [2.75, 3.05) is 6.54 Å². The molecule has 22 heavy (non-hydrogen) atoms. The molecule has 116 valence electrons. The molecule has 3 atom stereocenters. The van der Waals surface area contributed by atoms with Crippen molar-refractivity contribution in [3.8, 4) is 0 Å². The zero-order chi connectivity index (χ0) is 15.9. The van der Waals surface area contributed by atoms with Gasteiger partial charge < -0.3 is 9.53 Å². The first-order chi connectivity index (χ1) is 10.7. The fourth-order valence-electron chi connectivity index (χ4n) is 2.89. The van der Waals surface area contributed by atoms with Crippen LogP contribution in [0.3, 0.4) is 0 Å². The van der Waals surface area contributed by atoms with E-state index in [1.165, 1.54) is 0 Å². The zero-order valence-electron chi connectivity index (χ0n) is 12.6. The molecule has 4 nitrogen and oxygen atoms in total. The van der Waals surface area contributed by atoms with Crippen molar-refractivity contribution >= 4 is 12.3 Å². The lowest BCUT2D eigenvalue weighted by atomic mass is 10.0. The smallest absolute Gasteiger partial charge is 0.323 e. The average Bonchev–Trinajstić information content (AvgIpc) is 2.91. The van der Waals surface area contributed by atoms with Crippen molar-refractivity contribution in [1.82, 2.24) is 4.90 Å². The molecule has 0 aromatic heterocycles. The first-order valence-electron chi connectivity index (χ1n) is 7.36. The maximum atomic E-state index is 12.4. The number of benzene rings is 1. The van der Waals surface area contributed by atoms with Gasteiger partial charge in [0.25, 0.3) is 0 Å². The second kappa shape index (κ2) is 7.71. The van der Waals surface area contributed by atoms with Crippen molar-refractivity contribution in [2.45, 2.75) is 25.1 Å². The van der Waals surface area contributed by atoms with E-state index in [4.69, 9.17) is 4.74 Å². The van der Waals surface area contributed by atoms with Gasteiger partial charge in [-0.15, -0.1) is 13.2 Å². The van der Waals surface area contributed by atoms with Crippen molar-refractivity contribution < 1.29 is 14.3 Å². The van der Waals surface area contributed by atoms with Crippen LogP contribution in [-0.4, -0.2) is 35.8 Å². The molecule has 0 aliphatic carbocycles. The molecular formula is C18H21NO3. The molecule has 0 N–H and O–H groups in total.